The smallest absolute Gasteiger partial charge is 0.317 e. The van der Waals surface area contributed by atoms with Gasteiger partial charge in [0.1, 0.15) is 23.2 Å². The second-order valence-electron chi connectivity index (χ2n) is 7.38. The molecule has 1 aliphatic rings. The van der Waals surface area contributed by atoms with Crippen LogP contribution in [0.25, 0.3) is 0 Å². The number of rotatable bonds is 8. The molecule has 0 spiro atoms. The average Bonchev–Trinajstić information content (AvgIpc) is 3.39. The van der Waals surface area contributed by atoms with E-state index in [4.69, 9.17) is 11.6 Å². The molecule has 0 radical (unpaired) electrons. The van der Waals surface area contributed by atoms with Crippen LogP contribution in [0.1, 0.15) is 21.9 Å². The zero-order valence-electron chi connectivity index (χ0n) is 18.1. The van der Waals surface area contributed by atoms with Crippen LogP contribution in [0.3, 0.4) is 0 Å². The van der Waals surface area contributed by atoms with E-state index in [9.17, 15) is 9.59 Å². The molecule has 1 aliphatic heterocycles. The van der Waals surface area contributed by atoms with Gasteiger partial charge in [-0.25, -0.2) is 19.7 Å². The third kappa shape index (κ3) is 5.68. The summed E-state index contributed by atoms with van der Waals surface area (Å²) in [5.41, 5.74) is 1.71. The van der Waals surface area contributed by atoms with Gasteiger partial charge >= 0.3 is 6.03 Å². The third-order valence-electron chi connectivity index (χ3n) is 4.90. The van der Waals surface area contributed by atoms with Gasteiger partial charge in [0, 0.05) is 37.6 Å². The van der Waals surface area contributed by atoms with Crippen molar-refractivity contribution < 1.29 is 9.59 Å². The summed E-state index contributed by atoms with van der Waals surface area (Å²) < 4.78 is 0. The molecule has 12 heteroatoms. The molecular weight excluding hydrogens is 464 g/mol. The molecule has 0 aliphatic carbocycles. The molecule has 4 rings (SSSR count). The highest BCUT2D eigenvalue weighted by molar-refractivity contribution is 7.14. The maximum absolute atomic E-state index is 12.6. The first-order valence-electron chi connectivity index (χ1n) is 10.3. The number of carbonyl (C=O) groups is 2. The number of para-hydroxylation sites is 1. The number of aromatic nitrogens is 3. The number of hydrogen-bond donors (Lipinski definition) is 4. The Morgan fingerprint density at radius 2 is 2.06 bits per heavy atom. The lowest BCUT2D eigenvalue weighted by atomic mass is 10.2. The number of carbonyl (C=O) groups excluding carboxylic acids is 2. The van der Waals surface area contributed by atoms with Gasteiger partial charge in [-0.05, 0) is 25.5 Å². The van der Waals surface area contributed by atoms with Crippen molar-refractivity contribution in [2.45, 2.75) is 13.8 Å². The monoisotopic (exact) mass is 486 g/mol. The van der Waals surface area contributed by atoms with Crippen LogP contribution < -0.4 is 21.3 Å². The van der Waals surface area contributed by atoms with Gasteiger partial charge in [-0.1, -0.05) is 23.7 Å². The first kappa shape index (κ1) is 22.7. The Morgan fingerprint density at radius 1 is 1.24 bits per heavy atom. The van der Waals surface area contributed by atoms with Gasteiger partial charge in [0.15, 0.2) is 5.13 Å². The number of amides is 3. The van der Waals surface area contributed by atoms with Crippen LogP contribution in [0, 0.1) is 13.8 Å². The highest BCUT2D eigenvalue weighted by Gasteiger charge is 2.18. The van der Waals surface area contributed by atoms with Crippen molar-refractivity contribution >= 4 is 57.3 Å². The van der Waals surface area contributed by atoms with Gasteiger partial charge in [0.2, 0.25) is 0 Å². The van der Waals surface area contributed by atoms with E-state index in [1.807, 2.05) is 19.1 Å². The lowest BCUT2D eigenvalue weighted by Gasteiger charge is -2.15. The fourth-order valence-corrected chi connectivity index (χ4v) is 4.25. The second-order valence-corrected chi connectivity index (χ2v) is 8.65. The van der Waals surface area contributed by atoms with E-state index in [2.05, 4.69) is 36.2 Å². The molecule has 4 N–H and O–H groups in total. The zero-order chi connectivity index (χ0) is 23.4. The lowest BCUT2D eigenvalue weighted by Crippen LogP contribution is -2.32. The Kier molecular flexibility index (Phi) is 6.90. The number of anilines is 4. The second kappa shape index (κ2) is 10.0. The number of nitrogens with zero attached hydrogens (tertiary/aromatic N) is 4. The number of benzene rings is 1. The predicted octanol–water partition coefficient (Wildman–Crippen LogP) is 3.64. The van der Waals surface area contributed by atoms with E-state index in [1.165, 1.54) is 11.3 Å². The molecule has 33 heavy (non-hydrogen) atoms. The van der Waals surface area contributed by atoms with Crippen molar-refractivity contribution in [3.8, 4) is 0 Å². The van der Waals surface area contributed by atoms with E-state index in [0.717, 1.165) is 5.56 Å². The van der Waals surface area contributed by atoms with Crippen LogP contribution in [0.15, 0.2) is 29.6 Å². The van der Waals surface area contributed by atoms with Gasteiger partial charge in [0.05, 0.1) is 10.7 Å². The largest absolute Gasteiger partial charge is 0.368 e. The van der Waals surface area contributed by atoms with Gasteiger partial charge in [0.25, 0.3) is 5.91 Å². The minimum atomic E-state index is -0.345. The Hall–Kier alpha value is -3.44. The number of hydrogen-bond acceptors (Lipinski definition) is 8. The van der Waals surface area contributed by atoms with E-state index in [0.29, 0.717) is 59.5 Å². The molecular formula is C21H23ClN8O2S. The van der Waals surface area contributed by atoms with Gasteiger partial charge in [-0.2, -0.15) is 0 Å². The van der Waals surface area contributed by atoms with Crippen LogP contribution in [-0.4, -0.2) is 58.0 Å². The number of halogens is 1. The normalized spacial score (nSPS) is 13.1. The molecule has 3 aromatic rings. The third-order valence-corrected chi connectivity index (χ3v) is 5.98. The summed E-state index contributed by atoms with van der Waals surface area (Å²) in [5, 5.41) is 14.6. The summed E-state index contributed by atoms with van der Waals surface area (Å²) >= 11 is 7.49. The van der Waals surface area contributed by atoms with E-state index >= 15 is 0 Å². The Bertz CT molecular complexity index is 1160. The SMILES string of the molecule is Cc1nc(NCCN2CCNC2=O)cc(Nc2nc(C(=O)Nc3c(C)cccc3Cl)cs2)n1. The predicted molar refractivity (Wildman–Crippen MR) is 130 cm³/mol. The fraction of sp³-hybridized carbons (Fsp3) is 0.286. The summed E-state index contributed by atoms with van der Waals surface area (Å²) in [6.07, 6.45) is 0. The van der Waals surface area contributed by atoms with Crippen molar-refractivity contribution in [2.24, 2.45) is 0 Å². The van der Waals surface area contributed by atoms with Crippen LogP contribution in [0.5, 0.6) is 0 Å². The first-order chi connectivity index (χ1) is 15.9. The van der Waals surface area contributed by atoms with E-state index in [-0.39, 0.29) is 17.6 Å². The Morgan fingerprint density at radius 3 is 2.82 bits per heavy atom. The molecule has 0 atom stereocenters. The number of nitrogens with one attached hydrogen (secondary N) is 4. The average molecular weight is 487 g/mol. The summed E-state index contributed by atoms with van der Waals surface area (Å²) in [6.45, 7) is 6.17. The zero-order valence-corrected chi connectivity index (χ0v) is 19.7. The molecule has 0 bridgehead atoms. The molecule has 3 amide bonds. The van der Waals surface area contributed by atoms with Crippen molar-refractivity contribution in [1.29, 1.82) is 0 Å². The summed E-state index contributed by atoms with van der Waals surface area (Å²) in [5.74, 6) is 1.41. The van der Waals surface area contributed by atoms with Crippen LogP contribution >= 0.6 is 22.9 Å². The Balaban J connectivity index is 1.38. The number of urea groups is 1. The molecule has 1 saturated heterocycles. The summed E-state index contributed by atoms with van der Waals surface area (Å²) in [4.78, 5) is 39.1. The molecule has 1 fully saturated rings. The van der Waals surface area contributed by atoms with Crippen molar-refractivity contribution in [3.63, 3.8) is 0 Å². The minimum Gasteiger partial charge on any atom is -0.368 e. The van der Waals surface area contributed by atoms with Crippen LogP contribution in [0.2, 0.25) is 5.02 Å². The topological polar surface area (TPSA) is 124 Å². The quantitative estimate of drug-likeness (QED) is 0.383. The number of aryl methyl sites for hydroxylation is 2. The van der Waals surface area contributed by atoms with Crippen LogP contribution in [-0.2, 0) is 0 Å². The summed E-state index contributed by atoms with van der Waals surface area (Å²) in [6, 6.07) is 7.13. The Labute approximate surface area is 199 Å². The maximum Gasteiger partial charge on any atom is 0.317 e. The van der Waals surface area contributed by atoms with E-state index in [1.54, 1.807) is 29.3 Å². The summed E-state index contributed by atoms with van der Waals surface area (Å²) in [7, 11) is 0. The minimum absolute atomic E-state index is 0.0497. The molecule has 1 aromatic carbocycles. The molecule has 2 aromatic heterocycles. The fourth-order valence-electron chi connectivity index (χ4n) is 3.28. The maximum atomic E-state index is 12.6. The lowest BCUT2D eigenvalue weighted by molar-refractivity contribution is 0.102. The standard InChI is InChI=1S/C21H23ClN8O2S/c1-12-4-3-5-14(22)18(12)29-19(31)15-11-33-20(27-15)28-17-10-16(25-13(2)26-17)23-6-8-30-9-7-24-21(30)32/h3-5,10-11H,6-9H2,1-2H3,(H,24,32)(H,29,31)(H2,23,25,26,27,28). The van der Waals surface area contributed by atoms with Gasteiger partial charge in [-0.15, -0.1) is 11.3 Å². The van der Waals surface area contributed by atoms with Crippen molar-refractivity contribution in [3.05, 3.63) is 51.7 Å². The molecule has 0 unspecified atom stereocenters. The van der Waals surface area contributed by atoms with Crippen molar-refractivity contribution in [1.82, 2.24) is 25.2 Å². The van der Waals surface area contributed by atoms with E-state index < -0.39 is 0 Å². The first-order valence-corrected chi connectivity index (χ1v) is 11.6. The molecule has 172 valence electrons. The van der Waals surface area contributed by atoms with Crippen molar-refractivity contribution in [2.75, 3.05) is 42.1 Å². The van der Waals surface area contributed by atoms with Crippen LogP contribution in [0.4, 0.5) is 27.2 Å². The highest BCUT2D eigenvalue weighted by Crippen LogP contribution is 2.27. The molecule has 0 saturated carbocycles. The molecule has 3 heterocycles. The highest BCUT2D eigenvalue weighted by atomic mass is 35.5. The van der Waals surface area contributed by atoms with Gasteiger partial charge < -0.3 is 26.2 Å². The van der Waals surface area contributed by atoms with Gasteiger partial charge in [-0.3, -0.25) is 4.79 Å². The molecule has 10 nitrogen and oxygen atoms in total. The number of thiazole rings is 1.